The zero-order valence-corrected chi connectivity index (χ0v) is 25.4. The summed E-state index contributed by atoms with van der Waals surface area (Å²) >= 11 is 0. The lowest BCUT2D eigenvalue weighted by atomic mass is 10.0. The Labute approximate surface area is 270 Å². The van der Waals surface area contributed by atoms with Crippen LogP contribution in [0.3, 0.4) is 0 Å². The van der Waals surface area contributed by atoms with Crippen molar-refractivity contribution in [1.29, 1.82) is 0 Å². The second-order valence-corrected chi connectivity index (χ2v) is 12.1. The van der Waals surface area contributed by atoms with Crippen LogP contribution >= 0.6 is 0 Å². The molecule has 0 N–H and O–H groups in total. The Balaban J connectivity index is 1.21. The quantitative estimate of drug-likeness (QED) is 0.201. The molecule has 3 nitrogen and oxygen atoms in total. The molecule has 0 aliphatic heterocycles. The molecule has 2 heterocycles. The Morgan fingerprint density at radius 3 is 1.79 bits per heavy atom. The van der Waals surface area contributed by atoms with Crippen molar-refractivity contribution in [2.24, 2.45) is 0 Å². The SMILES string of the molecule is c1ccc(-c2ccc(N(c3ccc4c(c3)oc3c5ccccc5ccc43)c3cccc4c3ccc3c5ccccc5oc43)cc2)cc1. The van der Waals surface area contributed by atoms with Crippen molar-refractivity contribution < 1.29 is 8.83 Å². The first-order valence-electron chi connectivity index (χ1n) is 15.9. The molecule has 0 fully saturated rings. The summed E-state index contributed by atoms with van der Waals surface area (Å²) in [6.45, 7) is 0. The van der Waals surface area contributed by atoms with Crippen LogP contribution in [0.1, 0.15) is 0 Å². The fourth-order valence-electron chi connectivity index (χ4n) is 7.21. The molecular weight excluding hydrogens is 574 g/mol. The number of rotatable bonds is 4. The first-order valence-corrected chi connectivity index (χ1v) is 15.9. The molecule has 0 spiro atoms. The van der Waals surface area contributed by atoms with E-state index in [9.17, 15) is 0 Å². The lowest BCUT2D eigenvalue weighted by Gasteiger charge is -2.27. The van der Waals surface area contributed by atoms with Crippen LogP contribution in [0.5, 0.6) is 0 Å². The minimum atomic E-state index is 0.861. The molecular formula is C44H27NO2. The smallest absolute Gasteiger partial charge is 0.143 e. The van der Waals surface area contributed by atoms with Gasteiger partial charge in [-0.05, 0) is 65.0 Å². The Hall–Kier alpha value is -6.32. The van der Waals surface area contributed by atoms with Gasteiger partial charge in [0.2, 0.25) is 0 Å². The van der Waals surface area contributed by atoms with Crippen molar-refractivity contribution in [3.63, 3.8) is 0 Å². The molecule has 0 bridgehead atoms. The lowest BCUT2D eigenvalue weighted by Crippen LogP contribution is -2.10. The highest BCUT2D eigenvalue weighted by atomic mass is 16.3. The molecule has 0 atom stereocenters. The Bertz CT molecular complexity index is 2790. The van der Waals surface area contributed by atoms with Crippen molar-refractivity contribution in [2.75, 3.05) is 4.90 Å². The minimum Gasteiger partial charge on any atom is -0.455 e. The van der Waals surface area contributed by atoms with Crippen molar-refractivity contribution in [2.45, 2.75) is 0 Å². The van der Waals surface area contributed by atoms with Crippen molar-refractivity contribution in [3.05, 3.63) is 164 Å². The van der Waals surface area contributed by atoms with Gasteiger partial charge in [0.05, 0.1) is 5.69 Å². The topological polar surface area (TPSA) is 29.5 Å². The minimum absolute atomic E-state index is 0.861. The first-order chi connectivity index (χ1) is 23.3. The van der Waals surface area contributed by atoms with E-state index in [1.54, 1.807) is 0 Å². The molecule has 0 aliphatic rings. The second-order valence-electron chi connectivity index (χ2n) is 12.1. The molecule has 10 aromatic rings. The van der Waals surface area contributed by atoms with Gasteiger partial charge >= 0.3 is 0 Å². The van der Waals surface area contributed by atoms with Crippen LogP contribution in [0, 0.1) is 0 Å². The maximum atomic E-state index is 6.64. The standard InChI is InChI=1S/C44H27NO2/c1-2-9-28(10-3-1)29-17-20-31(21-18-29)45(32-22-24-36-38-23-19-30-11-4-5-12-33(30)43(38)47-42(36)27-32)40-15-8-14-37-34(40)25-26-39-35-13-6-7-16-41(35)46-44(37)39/h1-27H. The van der Waals surface area contributed by atoms with Gasteiger partial charge in [-0.3, -0.25) is 0 Å². The van der Waals surface area contributed by atoms with Crippen LogP contribution in [0.15, 0.2) is 173 Å². The summed E-state index contributed by atoms with van der Waals surface area (Å²) in [7, 11) is 0. The summed E-state index contributed by atoms with van der Waals surface area (Å²) in [4.78, 5) is 2.33. The van der Waals surface area contributed by atoms with Crippen molar-refractivity contribution in [3.8, 4) is 11.1 Å². The van der Waals surface area contributed by atoms with Crippen LogP contribution in [0.2, 0.25) is 0 Å². The van der Waals surface area contributed by atoms with E-state index >= 15 is 0 Å². The third-order valence-corrected chi connectivity index (χ3v) is 9.46. The number of para-hydroxylation sites is 1. The molecule has 47 heavy (non-hydrogen) atoms. The Morgan fingerprint density at radius 1 is 0.340 bits per heavy atom. The number of anilines is 3. The van der Waals surface area contributed by atoms with Gasteiger partial charge in [-0.15, -0.1) is 0 Å². The summed E-state index contributed by atoms with van der Waals surface area (Å²) < 4.78 is 13.1. The van der Waals surface area contributed by atoms with E-state index in [-0.39, 0.29) is 0 Å². The molecule has 0 unspecified atom stereocenters. The van der Waals surface area contributed by atoms with E-state index in [4.69, 9.17) is 8.83 Å². The first kappa shape index (κ1) is 26.0. The van der Waals surface area contributed by atoms with E-state index in [0.29, 0.717) is 0 Å². The summed E-state index contributed by atoms with van der Waals surface area (Å²) in [5.41, 5.74) is 9.11. The molecule has 3 heteroatoms. The highest BCUT2D eigenvalue weighted by Crippen LogP contribution is 2.44. The van der Waals surface area contributed by atoms with Gasteiger partial charge in [0.1, 0.15) is 22.3 Å². The zero-order chi connectivity index (χ0) is 30.9. The average Bonchev–Trinajstić information content (AvgIpc) is 3.71. The fourth-order valence-corrected chi connectivity index (χ4v) is 7.21. The number of hydrogen-bond acceptors (Lipinski definition) is 3. The highest BCUT2D eigenvalue weighted by Gasteiger charge is 2.20. The van der Waals surface area contributed by atoms with E-state index in [0.717, 1.165) is 77.1 Å². The van der Waals surface area contributed by atoms with Gasteiger partial charge in [-0.2, -0.15) is 0 Å². The summed E-state index contributed by atoms with van der Waals surface area (Å²) in [5.74, 6) is 0. The summed E-state index contributed by atoms with van der Waals surface area (Å²) in [6.07, 6.45) is 0. The van der Waals surface area contributed by atoms with Crippen molar-refractivity contribution in [1.82, 2.24) is 0 Å². The molecule has 8 aromatic carbocycles. The van der Waals surface area contributed by atoms with Crippen LogP contribution in [0.4, 0.5) is 17.1 Å². The molecule has 220 valence electrons. The number of benzene rings is 8. The number of nitrogens with zero attached hydrogens (tertiary/aromatic N) is 1. The third-order valence-electron chi connectivity index (χ3n) is 9.46. The zero-order valence-electron chi connectivity index (χ0n) is 25.4. The third kappa shape index (κ3) is 4.00. The molecule has 0 amide bonds. The van der Waals surface area contributed by atoms with Gasteiger partial charge in [0.25, 0.3) is 0 Å². The Morgan fingerprint density at radius 2 is 0.915 bits per heavy atom. The van der Waals surface area contributed by atoms with E-state index in [1.807, 2.05) is 12.1 Å². The van der Waals surface area contributed by atoms with Crippen LogP contribution in [-0.4, -0.2) is 0 Å². The summed E-state index contributed by atoms with van der Waals surface area (Å²) in [5, 5.41) is 8.98. The molecule has 0 saturated heterocycles. The maximum Gasteiger partial charge on any atom is 0.143 e. The van der Waals surface area contributed by atoms with Gasteiger partial charge < -0.3 is 13.7 Å². The lowest BCUT2D eigenvalue weighted by molar-refractivity contribution is 0.672. The maximum absolute atomic E-state index is 6.64. The molecule has 0 radical (unpaired) electrons. The van der Waals surface area contributed by atoms with Crippen LogP contribution in [-0.2, 0) is 0 Å². The molecule has 10 rings (SSSR count). The van der Waals surface area contributed by atoms with Gasteiger partial charge in [0, 0.05) is 55.1 Å². The largest absolute Gasteiger partial charge is 0.455 e. The van der Waals surface area contributed by atoms with Crippen molar-refractivity contribution >= 4 is 82.5 Å². The predicted molar refractivity (Wildman–Crippen MR) is 196 cm³/mol. The number of hydrogen-bond donors (Lipinski definition) is 0. The summed E-state index contributed by atoms with van der Waals surface area (Å²) in [6, 6.07) is 57.8. The van der Waals surface area contributed by atoms with Crippen LogP contribution < -0.4 is 4.90 Å². The second kappa shape index (κ2) is 10.1. The van der Waals surface area contributed by atoms with E-state index < -0.39 is 0 Å². The number of fused-ring (bicyclic) bond motifs is 10. The molecule has 0 saturated carbocycles. The number of furan rings is 2. The monoisotopic (exact) mass is 601 g/mol. The highest BCUT2D eigenvalue weighted by molar-refractivity contribution is 6.18. The van der Waals surface area contributed by atoms with Crippen LogP contribution in [0.25, 0.3) is 76.5 Å². The van der Waals surface area contributed by atoms with Gasteiger partial charge in [-0.25, -0.2) is 0 Å². The van der Waals surface area contributed by atoms with Gasteiger partial charge in [0.15, 0.2) is 0 Å². The van der Waals surface area contributed by atoms with E-state index in [2.05, 4.69) is 157 Å². The Kier molecular flexibility index (Phi) is 5.57. The fraction of sp³-hybridized carbons (Fsp3) is 0. The average molecular weight is 602 g/mol. The molecule has 2 aromatic heterocycles. The molecule has 0 aliphatic carbocycles. The van der Waals surface area contributed by atoms with E-state index in [1.165, 1.54) is 16.5 Å². The predicted octanol–water partition coefficient (Wildman–Crippen LogP) is 12.9. The van der Waals surface area contributed by atoms with Gasteiger partial charge in [-0.1, -0.05) is 109 Å². The normalized spacial score (nSPS) is 11.8.